The molecule has 0 fully saturated rings. The molecule has 2 rings (SSSR count). The molecular weight excluding hydrogens is 251 g/mol. The lowest BCUT2D eigenvalue weighted by atomic mass is 10.1. The van der Waals surface area contributed by atoms with Gasteiger partial charge in [0.25, 0.3) is 5.69 Å². The van der Waals surface area contributed by atoms with Crippen LogP contribution in [0.4, 0.5) is 10.1 Å². The SMILES string of the molecule is COCCn1cc([N+](=O)[O-])cc1-c1ccc(F)cc1. The van der Waals surface area contributed by atoms with Crippen LogP contribution >= 0.6 is 0 Å². The number of halogens is 1. The van der Waals surface area contributed by atoms with E-state index in [2.05, 4.69) is 0 Å². The first kappa shape index (κ1) is 13.2. The molecule has 1 heterocycles. The van der Waals surface area contributed by atoms with Crippen LogP contribution in [-0.4, -0.2) is 23.2 Å². The van der Waals surface area contributed by atoms with Gasteiger partial charge in [0, 0.05) is 19.7 Å². The van der Waals surface area contributed by atoms with Gasteiger partial charge in [0.15, 0.2) is 0 Å². The van der Waals surface area contributed by atoms with Crippen LogP contribution in [0.2, 0.25) is 0 Å². The number of rotatable bonds is 5. The number of hydrogen-bond donors (Lipinski definition) is 0. The third-order valence-electron chi connectivity index (χ3n) is 2.77. The predicted molar refractivity (Wildman–Crippen MR) is 68.4 cm³/mol. The molecule has 0 N–H and O–H groups in total. The van der Waals surface area contributed by atoms with Gasteiger partial charge in [-0.1, -0.05) is 0 Å². The van der Waals surface area contributed by atoms with Crippen molar-refractivity contribution in [2.45, 2.75) is 6.54 Å². The summed E-state index contributed by atoms with van der Waals surface area (Å²) in [6, 6.07) is 7.32. The van der Waals surface area contributed by atoms with E-state index in [9.17, 15) is 14.5 Å². The number of hydrogen-bond acceptors (Lipinski definition) is 3. The molecule has 0 radical (unpaired) electrons. The van der Waals surface area contributed by atoms with Crippen LogP contribution in [0, 0.1) is 15.9 Å². The number of ether oxygens (including phenoxy) is 1. The molecule has 100 valence electrons. The molecule has 0 saturated carbocycles. The number of methoxy groups -OCH3 is 1. The molecule has 1 aromatic heterocycles. The fourth-order valence-electron chi connectivity index (χ4n) is 1.83. The van der Waals surface area contributed by atoms with Crippen molar-refractivity contribution in [3.05, 3.63) is 52.5 Å². The van der Waals surface area contributed by atoms with Gasteiger partial charge in [0.05, 0.1) is 23.4 Å². The first-order chi connectivity index (χ1) is 9.11. The maximum atomic E-state index is 12.9. The van der Waals surface area contributed by atoms with Gasteiger partial charge in [-0.05, 0) is 29.8 Å². The van der Waals surface area contributed by atoms with Crippen molar-refractivity contribution in [1.29, 1.82) is 0 Å². The Morgan fingerprint density at radius 1 is 1.37 bits per heavy atom. The lowest BCUT2D eigenvalue weighted by molar-refractivity contribution is -0.384. The maximum absolute atomic E-state index is 12.9. The average Bonchev–Trinajstić information content (AvgIpc) is 2.81. The number of benzene rings is 1. The molecule has 1 aromatic carbocycles. The second-order valence-electron chi connectivity index (χ2n) is 4.03. The topological polar surface area (TPSA) is 57.3 Å². The highest BCUT2D eigenvalue weighted by atomic mass is 19.1. The Hall–Kier alpha value is -2.21. The summed E-state index contributed by atoms with van der Waals surface area (Å²) in [5, 5.41) is 10.8. The van der Waals surface area contributed by atoms with Crippen molar-refractivity contribution < 1.29 is 14.1 Å². The Kier molecular flexibility index (Phi) is 3.91. The Labute approximate surface area is 109 Å². The highest BCUT2D eigenvalue weighted by molar-refractivity contribution is 5.63. The van der Waals surface area contributed by atoms with Crippen LogP contribution in [0.1, 0.15) is 0 Å². The van der Waals surface area contributed by atoms with Crippen LogP contribution in [0.3, 0.4) is 0 Å². The molecule has 0 atom stereocenters. The van der Waals surface area contributed by atoms with Gasteiger partial charge in [-0.25, -0.2) is 4.39 Å². The van der Waals surface area contributed by atoms with Crippen molar-refractivity contribution in [3.8, 4) is 11.3 Å². The van der Waals surface area contributed by atoms with Gasteiger partial charge in [0.1, 0.15) is 5.82 Å². The molecule has 2 aromatic rings. The fraction of sp³-hybridized carbons (Fsp3) is 0.231. The normalized spacial score (nSPS) is 10.6. The smallest absolute Gasteiger partial charge is 0.287 e. The van der Waals surface area contributed by atoms with Crippen molar-refractivity contribution in [3.63, 3.8) is 0 Å². The van der Waals surface area contributed by atoms with E-state index in [0.29, 0.717) is 18.8 Å². The summed E-state index contributed by atoms with van der Waals surface area (Å²) in [4.78, 5) is 10.4. The second kappa shape index (κ2) is 5.62. The van der Waals surface area contributed by atoms with Crippen molar-refractivity contribution in [2.24, 2.45) is 0 Å². The van der Waals surface area contributed by atoms with Crippen molar-refractivity contribution in [2.75, 3.05) is 13.7 Å². The summed E-state index contributed by atoms with van der Waals surface area (Å²) in [6.45, 7) is 0.942. The van der Waals surface area contributed by atoms with Crippen LogP contribution in [-0.2, 0) is 11.3 Å². The van der Waals surface area contributed by atoms with Crippen molar-refractivity contribution >= 4 is 5.69 Å². The van der Waals surface area contributed by atoms with Crippen molar-refractivity contribution in [1.82, 2.24) is 4.57 Å². The van der Waals surface area contributed by atoms with E-state index in [1.165, 1.54) is 24.4 Å². The van der Waals surface area contributed by atoms with E-state index < -0.39 is 4.92 Å². The molecule has 0 bridgehead atoms. The Balaban J connectivity index is 2.41. The molecule has 0 amide bonds. The minimum absolute atomic E-state index is 0.00966. The predicted octanol–water partition coefficient (Wildman–Crippen LogP) is 2.85. The van der Waals surface area contributed by atoms with Crippen LogP contribution in [0.15, 0.2) is 36.5 Å². The molecule has 0 aliphatic rings. The summed E-state index contributed by atoms with van der Waals surface area (Å²) in [5.74, 6) is -0.340. The van der Waals surface area contributed by atoms with E-state index in [1.54, 1.807) is 23.8 Å². The van der Waals surface area contributed by atoms with E-state index in [1.807, 2.05) is 0 Å². The molecule has 0 spiro atoms. The van der Waals surface area contributed by atoms with E-state index >= 15 is 0 Å². The van der Waals surface area contributed by atoms with Crippen LogP contribution in [0.25, 0.3) is 11.3 Å². The monoisotopic (exact) mass is 264 g/mol. The molecule has 5 nitrogen and oxygen atoms in total. The molecule has 0 aliphatic heterocycles. The third kappa shape index (κ3) is 2.97. The van der Waals surface area contributed by atoms with Gasteiger partial charge in [-0.2, -0.15) is 0 Å². The van der Waals surface area contributed by atoms with E-state index in [4.69, 9.17) is 4.74 Å². The number of nitro groups is 1. The lowest BCUT2D eigenvalue weighted by Gasteiger charge is -2.07. The zero-order chi connectivity index (χ0) is 13.8. The Morgan fingerprint density at radius 2 is 2.05 bits per heavy atom. The Morgan fingerprint density at radius 3 is 2.63 bits per heavy atom. The highest BCUT2D eigenvalue weighted by Gasteiger charge is 2.15. The lowest BCUT2D eigenvalue weighted by Crippen LogP contribution is -2.04. The zero-order valence-electron chi connectivity index (χ0n) is 10.4. The zero-order valence-corrected chi connectivity index (χ0v) is 10.4. The average molecular weight is 264 g/mol. The second-order valence-corrected chi connectivity index (χ2v) is 4.03. The van der Waals surface area contributed by atoms with Gasteiger partial charge in [-0.3, -0.25) is 10.1 Å². The highest BCUT2D eigenvalue weighted by Crippen LogP contribution is 2.26. The van der Waals surface area contributed by atoms with Crippen LogP contribution in [0.5, 0.6) is 0 Å². The third-order valence-corrected chi connectivity index (χ3v) is 2.77. The first-order valence-corrected chi connectivity index (χ1v) is 5.71. The first-order valence-electron chi connectivity index (χ1n) is 5.71. The minimum Gasteiger partial charge on any atom is -0.383 e. The van der Waals surface area contributed by atoms with Gasteiger partial charge in [-0.15, -0.1) is 0 Å². The van der Waals surface area contributed by atoms with Gasteiger partial charge in [0.2, 0.25) is 0 Å². The molecule has 0 aliphatic carbocycles. The fourth-order valence-corrected chi connectivity index (χ4v) is 1.83. The quantitative estimate of drug-likeness (QED) is 0.616. The standard InChI is InChI=1S/C13H13FN2O3/c1-19-7-6-15-9-12(16(17)18)8-13(15)10-2-4-11(14)5-3-10/h2-5,8-9H,6-7H2,1H3. The molecule has 0 unspecified atom stereocenters. The van der Waals surface area contributed by atoms with Crippen LogP contribution < -0.4 is 0 Å². The summed E-state index contributed by atoms with van der Waals surface area (Å²) in [7, 11) is 1.56. The molecule has 6 heteroatoms. The maximum Gasteiger partial charge on any atom is 0.287 e. The van der Waals surface area contributed by atoms with E-state index in [-0.39, 0.29) is 11.5 Å². The molecule has 0 saturated heterocycles. The summed E-state index contributed by atoms with van der Waals surface area (Å²) in [6.07, 6.45) is 1.46. The largest absolute Gasteiger partial charge is 0.383 e. The summed E-state index contributed by atoms with van der Waals surface area (Å²) < 4.78 is 19.6. The van der Waals surface area contributed by atoms with Gasteiger partial charge < -0.3 is 9.30 Å². The number of nitrogens with zero attached hydrogens (tertiary/aromatic N) is 2. The number of aromatic nitrogens is 1. The molecule has 19 heavy (non-hydrogen) atoms. The minimum atomic E-state index is -0.448. The van der Waals surface area contributed by atoms with Gasteiger partial charge >= 0.3 is 0 Å². The summed E-state index contributed by atoms with van der Waals surface area (Å²) >= 11 is 0. The molecular formula is C13H13FN2O3. The Bertz CT molecular complexity index is 578. The van der Waals surface area contributed by atoms with E-state index in [0.717, 1.165) is 5.56 Å². The summed E-state index contributed by atoms with van der Waals surface area (Å²) in [5.41, 5.74) is 1.41.